The minimum absolute atomic E-state index is 0.0260. The van der Waals surface area contributed by atoms with Gasteiger partial charge in [-0.3, -0.25) is 4.79 Å². The van der Waals surface area contributed by atoms with E-state index in [0.717, 1.165) is 19.4 Å². The molecule has 2 rings (SSSR count). The lowest BCUT2D eigenvalue weighted by Crippen LogP contribution is -2.39. The van der Waals surface area contributed by atoms with Gasteiger partial charge in [0.2, 0.25) is 11.9 Å². The predicted molar refractivity (Wildman–Crippen MR) is 84.5 cm³/mol. The Hall–Kier alpha value is -1.92. The molecule has 6 nitrogen and oxygen atoms in total. The van der Waals surface area contributed by atoms with Crippen LogP contribution in [0.2, 0.25) is 0 Å². The maximum atomic E-state index is 13.7. The molecule has 0 saturated carbocycles. The first-order valence-corrected chi connectivity index (χ1v) is 7.64. The summed E-state index contributed by atoms with van der Waals surface area (Å²) in [5, 5.41) is 3.00. The van der Waals surface area contributed by atoms with Crippen LogP contribution in [0.15, 0.2) is 6.20 Å². The standard InChI is InChI=1S/C15H24FN5O/c1-5-6-11-8-21(9-13(11)18-10(2)22)15-17-7-12(16)14(19-15)20(3)4/h7,11,13H,5-6,8-9H2,1-4H3,(H,18,22)/t11-,13-/m1/s1. The highest BCUT2D eigenvalue weighted by Gasteiger charge is 2.34. The number of nitrogens with one attached hydrogen (secondary N) is 1. The van der Waals surface area contributed by atoms with E-state index in [1.807, 2.05) is 4.90 Å². The molecule has 1 aliphatic heterocycles. The van der Waals surface area contributed by atoms with Crippen molar-refractivity contribution < 1.29 is 9.18 Å². The summed E-state index contributed by atoms with van der Waals surface area (Å²) in [5.41, 5.74) is 0. The quantitative estimate of drug-likeness (QED) is 0.891. The molecule has 0 spiro atoms. The molecule has 2 heterocycles. The largest absolute Gasteiger partial charge is 0.360 e. The van der Waals surface area contributed by atoms with Gasteiger partial charge in [-0.15, -0.1) is 0 Å². The molecule has 1 aromatic rings. The number of amides is 1. The zero-order valence-corrected chi connectivity index (χ0v) is 13.6. The molecule has 0 radical (unpaired) electrons. The summed E-state index contributed by atoms with van der Waals surface area (Å²) in [7, 11) is 3.50. The molecule has 22 heavy (non-hydrogen) atoms. The van der Waals surface area contributed by atoms with E-state index in [9.17, 15) is 9.18 Å². The molecule has 1 fully saturated rings. The Morgan fingerprint density at radius 1 is 1.50 bits per heavy atom. The van der Waals surface area contributed by atoms with E-state index in [1.165, 1.54) is 13.1 Å². The van der Waals surface area contributed by atoms with E-state index in [0.29, 0.717) is 18.4 Å². The Morgan fingerprint density at radius 3 is 2.82 bits per heavy atom. The van der Waals surface area contributed by atoms with Crippen LogP contribution < -0.4 is 15.1 Å². The van der Waals surface area contributed by atoms with Crippen molar-refractivity contribution in [1.82, 2.24) is 15.3 Å². The van der Waals surface area contributed by atoms with Crippen molar-refractivity contribution in [3.8, 4) is 0 Å². The summed E-state index contributed by atoms with van der Waals surface area (Å²) < 4.78 is 13.7. The summed E-state index contributed by atoms with van der Waals surface area (Å²) in [5.74, 6) is 0.697. The monoisotopic (exact) mass is 309 g/mol. The van der Waals surface area contributed by atoms with Crippen molar-refractivity contribution in [2.24, 2.45) is 5.92 Å². The van der Waals surface area contributed by atoms with Crippen LogP contribution in [0.4, 0.5) is 16.2 Å². The fourth-order valence-corrected chi connectivity index (χ4v) is 2.94. The van der Waals surface area contributed by atoms with Crippen molar-refractivity contribution in [3.63, 3.8) is 0 Å². The maximum Gasteiger partial charge on any atom is 0.227 e. The predicted octanol–water partition coefficient (Wildman–Crippen LogP) is 1.42. The Morgan fingerprint density at radius 2 is 2.23 bits per heavy atom. The molecule has 0 aliphatic carbocycles. The number of aromatic nitrogens is 2. The second-order valence-corrected chi connectivity index (χ2v) is 6.00. The third kappa shape index (κ3) is 3.64. The first kappa shape index (κ1) is 16.5. The maximum absolute atomic E-state index is 13.7. The second-order valence-electron chi connectivity index (χ2n) is 6.00. The van der Waals surface area contributed by atoms with Crippen LogP contribution >= 0.6 is 0 Å². The molecule has 122 valence electrons. The van der Waals surface area contributed by atoms with Gasteiger partial charge in [-0.25, -0.2) is 9.37 Å². The van der Waals surface area contributed by atoms with Crippen LogP contribution in [0.3, 0.4) is 0 Å². The normalized spacial score (nSPS) is 21.0. The van der Waals surface area contributed by atoms with Crippen molar-refractivity contribution in [2.75, 3.05) is 37.0 Å². The van der Waals surface area contributed by atoms with Crippen LogP contribution in [0.25, 0.3) is 0 Å². The lowest BCUT2D eigenvalue weighted by atomic mass is 9.98. The third-order valence-electron chi connectivity index (χ3n) is 3.91. The molecule has 0 aromatic carbocycles. The highest BCUT2D eigenvalue weighted by atomic mass is 19.1. The molecular formula is C15H24FN5O. The van der Waals surface area contributed by atoms with E-state index in [2.05, 4.69) is 22.2 Å². The van der Waals surface area contributed by atoms with Gasteiger partial charge in [0.15, 0.2) is 11.6 Å². The highest BCUT2D eigenvalue weighted by Crippen LogP contribution is 2.26. The van der Waals surface area contributed by atoms with Gasteiger partial charge in [0, 0.05) is 34.1 Å². The number of anilines is 2. The first-order chi connectivity index (χ1) is 10.4. The number of nitrogens with zero attached hydrogens (tertiary/aromatic N) is 4. The lowest BCUT2D eigenvalue weighted by molar-refractivity contribution is -0.119. The fraction of sp³-hybridized carbons (Fsp3) is 0.667. The smallest absolute Gasteiger partial charge is 0.227 e. The summed E-state index contributed by atoms with van der Waals surface area (Å²) >= 11 is 0. The zero-order valence-electron chi connectivity index (χ0n) is 13.6. The van der Waals surface area contributed by atoms with Gasteiger partial charge in [-0.05, 0) is 12.3 Å². The van der Waals surface area contributed by atoms with Crippen molar-refractivity contribution in [1.29, 1.82) is 0 Å². The molecule has 1 N–H and O–H groups in total. The van der Waals surface area contributed by atoms with E-state index in [4.69, 9.17) is 0 Å². The Bertz CT molecular complexity index is 537. The molecule has 1 saturated heterocycles. The van der Waals surface area contributed by atoms with Gasteiger partial charge in [0.05, 0.1) is 12.2 Å². The van der Waals surface area contributed by atoms with Crippen molar-refractivity contribution >= 4 is 17.7 Å². The number of carbonyl (C=O) groups is 1. The molecule has 0 unspecified atom stereocenters. The summed E-state index contributed by atoms with van der Waals surface area (Å²) in [4.78, 5) is 23.4. The number of hydrogen-bond acceptors (Lipinski definition) is 5. The Balaban J connectivity index is 2.19. The topological polar surface area (TPSA) is 61.4 Å². The zero-order chi connectivity index (χ0) is 16.3. The number of rotatable bonds is 5. The lowest BCUT2D eigenvalue weighted by Gasteiger charge is -2.19. The van der Waals surface area contributed by atoms with Gasteiger partial charge < -0.3 is 15.1 Å². The van der Waals surface area contributed by atoms with Crippen LogP contribution in [0.1, 0.15) is 26.7 Å². The molecule has 0 bridgehead atoms. The number of halogens is 1. The summed E-state index contributed by atoms with van der Waals surface area (Å²) in [6.07, 6.45) is 3.29. The molecule has 1 amide bonds. The van der Waals surface area contributed by atoms with Crippen LogP contribution in [-0.4, -0.2) is 49.1 Å². The van der Waals surface area contributed by atoms with Crippen molar-refractivity contribution in [2.45, 2.75) is 32.7 Å². The van der Waals surface area contributed by atoms with Crippen molar-refractivity contribution in [3.05, 3.63) is 12.0 Å². The minimum Gasteiger partial charge on any atom is -0.360 e. The SMILES string of the molecule is CCC[C@@H]1CN(c2ncc(F)c(N(C)C)n2)C[C@H]1NC(C)=O. The van der Waals surface area contributed by atoms with Crippen LogP contribution in [0, 0.1) is 11.7 Å². The van der Waals surface area contributed by atoms with Gasteiger partial charge in [-0.1, -0.05) is 13.3 Å². The molecule has 1 aliphatic rings. The minimum atomic E-state index is -0.434. The number of hydrogen-bond donors (Lipinski definition) is 1. The van der Waals surface area contributed by atoms with E-state index in [1.54, 1.807) is 19.0 Å². The Labute approximate surface area is 130 Å². The Kier molecular flexibility index (Phi) is 5.15. The number of carbonyl (C=O) groups excluding carboxylic acids is 1. The summed E-state index contributed by atoms with van der Waals surface area (Å²) in [6.45, 7) is 5.09. The van der Waals surface area contributed by atoms with Gasteiger partial charge in [0.25, 0.3) is 0 Å². The van der Waals surface area contributed by atoms with Crippen LogP contribution in [0.5, 0.6) is 0 Å². The van der Waals surface area contributed by atoms with Crippen LogP contribution in [-0.2, 0) is 4.79 Å². The average Bonchev–Trinajstić information content (AvgIpc) is 2.81. The molecule has 7 heteroatoms. The molecule has 2 atom stereocenters. The highest BCUT2D eigenvalue weighted by molar-refractivity contribution is 5.73. The van der Waals surface area contributed by atoms with Gasteiger partial charge in [-0.2, -0.15) is 4.98 Å². The van der Waals surface area contributed by atoms with Gasteiger partial charge in [0.1, 0.15) is 0 Å². The van der Waals surface area contributed by atoms with Gasteiger partial charge >= 0.3 is 0 Å². The van der Waals surface area contributed by atoms with E-state index in [-0.39, 0.29) is 17.8 Å². The second kappa shape index (κ2) is 6.89. The van der Waals surface area contributed by atoms with E-state index < -0.39 is 5.82 Å². The molecule has 1 aromatic heterocycles. The first-order valence-electron chi connectivity index (χ1n) is 7.64. The fourth-order valence-electron chi connectivity index (χ4n) is 2.94. The summed E-state index contributed by atoms with van der Waals surface area (Å²) in [6, 6.07) is 0.0916. The average molecular weight is 309 g/mol. The van der Waals surface area contributed by atoms with E-state index >= 15 is 0 Å². The third-order valence-corrected chi connectivity index (χ3v) is 3.91. The molecular weight excluding hydrogens is 285 g/mol.